The Bertz CT molecular complexity index is 1540. The molecule has 2 heterocycles. The molecule has 1 amide bonds. The smallest absolute Gasteiger partial charge is 0.337 e. The second-order valence-electron chi connectivity index (χ2n) is 9.08. The molecular formula is C29H28Cl3N5O4. The third kappa shape index (κ3) is 7.38. The third-order valence-electron chi connectivity index (χ3n) is 6.28. The molecule has 4 aromatic rings. The first-order valence-corrected chi connectivity index (χ1v) is 13.9. The molecule has 0 saturated carbocycles. The number of carboxylic acids is 1. The van der Waals surface area contributed by atoms with Gasteiger partial charge in [-0.3, -0.25) is 10.2 Å². The zero-order chi connectivity index (χ0) is 29.5. The van der Waals surface area contributed by atoms with Gasteiger partial charge >= 0.3 is 5.97 Å². The van der Waals surface area contributed by atoms with Crippen molar-refractivity contribution in [3.05, 3.63) is 98.6 Å². The van der Waals surface area contributed by atoms with E-state index in [2.05, 4.69) is 15.8 Å². The Morgan fingerprint density at radius 1 is 1.02 bits per heavy atom. The number of benzene rings is 3. The van der Waals surface area contributed by atoms with Crippen LogP contribution < -0.4 is 10.7 Å². The Labute approximate surface area is 252 Å². The minimum absolute atomic E-state index is 0.0277. The number of phenolic OH excluding ortho intramolecular Hbond substituents is 1. The summed E-state index contributed by atoms with van der Waals surface area (Å²) in [5.74, 6) is -1.31. The second kappa shape index (κ2) is 13.8. The molecule has 214 valence electrons. The fourth-order valence-corrected chi connectivity index (χ4v) is 4.85. The van der Waals surface area contributed by atoms with Gasteiger partial charge in [0, 0.05) is 33.8 Å². The number of carboxylic acid groups (broad SMARTS) is 1. The Hall–Kier alpha value is -3.60. The van der Waals surface area contributed by atoms with Crippen molar-refractivity contribution < 1.29 is 19.8 Å². The molecule has 5 rings (SSSR count). The molecule has 1 aliphatic rings. The molecule has 1 saturated heterocycles. The summed E-state index contributed by atoms with van der Waals surface area (Å²) < 4.78 is 1.59. The maximum atomic E-state index is 13.2. The molecule has 1 aliphatic heterocycles. The van der Waals surface area contributed by atoms with Crippen LogP contribution in [-0.4, -0.2) is 56.6 Å². The molecule has 0 bridgehead atoms. The number of hydrazine groups is 1. The summed E-state index contributed by atoms with van der Waals surface area (Å²) in [4.78, 5) is 23.5. The second-order valence-corrected chi connectivity index (χ2v) is 10.4. The Morgan fingerprint density at radius 3 is 2.32 bits per heavy atom. The number of halogens is 3. The number of aromatic carboxylic acids is 1. The number of aromatic nitrogens is 2. The van der Waals surface area contributed by atoms with Gasteiger partial charge in [0.1, 0.15) is 11.4 Å². The minimum Gasteiger partial charge on any atom is -0.506 e. The van der Waals surface area contributed by atoms with E-state index in [9.17, 15) is 14.7 Å². The fourth-order valence-electron chi connectivity index (χ4n) is 4.34. The van der Waals surface area contributed by atoms with Crippen LogP contribution in [0.4, 0.5) is 0 Å². The molecular weight excluding hydrogens is 589 g/mol. The molecule has 1 aromatic heterocycles. The molecule has 0 radical (unpaired) electrons. The van der Waals surface area contributed by atoms with Gasteiger partial charge < -0.3 is 15.5 Å². The van der Waals surface area contributed by atoms with E-state index in [0.717, 1.165) is 36.3 Å². The Balaban J connectivity index is 0.000000328. The average Bonchev–Trinajstić information content (AvgIpc) is 3.34. The number of nitrogens with zero attached hydrogens (tertiary/aromatic N) is 3. The van der Waals surface area contributed by atoms with Crippen LogP contribution in [0, 0.1) is 0 Å². The van der Waals surface area contributed by atoms with Crippen LogP contribution in [0.5, 0.6) is 5.75 Å². The first-order chi connectivity index (χ1) is 19.7. The van der Waals surface area contributed by atoms with E-state index < -0.39 is 5.97 Å². The van der Waals surface area contributed by atoms with Gasteiger partial charge in [0.05, 0.1) is 22.9 Å². The van der Waals surface area contributed by atoms with Crippen molar-refractivity contribution in [3.63, 3.8) is 0 Å². The Morgan fingerprint density at radius 2 is 1.73 bits per heavy atom. The summed E-state index contributed by atoms with van der Waals surface area (Å²) in [6.07, 6.45) is 1.53. The van der Waals surface area contributed by atoms with E-state index in [1.165, 1.54) is 12.1 Å². The van der Waals surface area contributed by atoms with Gasteiger partial charge in [-0.2, -0.15) is 5.10 Å². The molecule has 0 atom stereocenters. The number of aromatic hydroxyl groups is 1. The highest BCUT2D eigenvalue weighted by Crippen LogP contribution is 2.34. The summed E-state index contributed by atoms with van der Waals surface area (Å²) in [6.45, 7) is 4.25. The highest BCUT2D eigenvalue weighted by Gasteiger charge is 2.26. The highest BCUT2D eigenvalue weighted by atomic mass is 35.5. The number of hydrogen-bond donors (Lipinski definition) is 4. The average molecular weight is 617 g/mol. The molecule has 0 spiro atoms. The van der Waals surface area contributed by atoms with Crippen molar-refractivity contribution in [2.45, 2.75) is 19.8 Å². The van der Waals surface area contributed by atoms with Crippen LogP contribution >= 0.6 is 34.8 Å². The molecule has 1 fully saturated rings. The lowest BCUT2D eigenvalue weighted by atomic mass is 10.0. The fraction of sp³-hybridized carbons (Fsp3) is 0.207. The van der Waals surface area contributed by atoms with E-state index in [-0.39, 0.29) is 22.2 Å². The predicted molar refractivity (Wildman–Crippen MR) is 160 cm³/mol. The zero-order valence-electron chi connectivity index (χ0n) is 22.1. The van der Waals surface area contributed by atoms with E-state index in [4.69, 9.17) is 39.9 Å². The summed E-state index contributed by atoms with van der Waals surface area (Å²) in [5.41, 5.74) is 6.16. The van der Waals surface area contributed by atoms with Gasteiger partial charge in [0.15, 0.2) is 5.69 Å². The van der Waals surface area contributed by atoms with Crippen LogP contribution in [0.2, 0.25) is 15.1 Å². The van der Waals surface area contributed by atoms with Crippen molar-refractivity contribution in [2.75, 3.05) is 19.8 Å². The van der Waals surface area contributed by atoms with Crippen LogP contribution in [0.15, 0.2) is 66.7 Å². The summed E-state index contributed by atoms with van der Waals surface area (Å²) in [6, 6.07) is 18.5. The molecule has 9 nitrogen and oxygen atoms in total. The van der Waals surface area contributed by atoms with E-state index >= 15 is 0 Å². The van der Waals surface area contributed by atoms with Gasteiger partial charge in [-0.05, 0) is 55.8 Å². The monoisotopic (exact) mass is 615 g/mol. The molecule has 12 heteroatoms. The SMILES string of the molecule is CCc1c(C(=O)NN2CCCNC2)nn(-c2ccc(Cl)cc2O)c1-c1ccc(Cl)cc1.O=C(O)c1ccccc1Cl. The largest absolute Gasteiger partial charge is 0.506 e. The number of carbonyl (C=O) groups excluding carboxylic acids is 1. The highest BCUT2D eigenvalue weighted by molar-refractivity contribution is 6.33. The van der Waals surface area contributed by atoms with Crippen molar-refractivity contribution in [2.24, 2.45) is 0 Å². The van der Waals surface area contributed by atoms with Crippen molar-refractivity contribution >= 4 is 46.7 Å². The lowest BCUT2D eigenvalue weighted by Gasteiger charge is -2.27. The van der Waals surface area contributed by atoms with Crippen LogP contribution in [0.1, 0.15) is 39.8 Å². The summed E-state index contributed by atoms with van der Waals surface area (Å²) in [7, 11) is 0. The lowest BCUT2D eigenvalue weighted by Crippen LogP contribution is -2.51. The normalized spacial score (nSPS) is 13.3. The van der Waals surface area contributed by atoms with Gasteiger partial charge in [0.25, 0.3) is 5.91 Å². The third-order valence-corrected chi connectivity index (χ3v) is 7.10. The predicted octanol–water partition coefficient (Wildman–Crippen LogP) is 6.05. The van der Waals surface area contributed by atoms with Crippen LogP contribution in [0.25, 0.3) is 16.9 Å². The maximum absolute atomic E-state index is 13.2. The number of hydrogen-bond acceptors (Lipinski definition) is 6. The molecule has 0 aliphatic carbocycles. The van der Waals surface area contributed by atoms with E-state index in [1.807, 2.05) is 24.1 Å². The number of carbonyl (C=O) groups is 2. The van der Waals surface area contributed by atoms with Crippen LogP contribution in [-0.2, 0) is 6.42 Å². The first-order valence-electron chi connectivity index (χ1n) is 12.8. The molecule has 41 heavy (non-hydrogen) atoms. The number of phenols is 1. The number of rotatable bonds is 6. The standard InChI is InChI=1S/C22H23Cl2N5O2.C7H5ClO2/c1-2-17-20(22(31)27-28-11-3-10-25-13-28)26-29(18-9-8-16(24)12-19(18)30)21(17)14-4-6-15(23)7-5-14;8-6-4-2-1-3-5(6)7(9)10/h4-9,12,25,30H,2-3,10-11,13H2,1H3,(H,27,31);1-4H,(H,9,10). The quantitative estimate of drug-likeness (QED) is 0.208. The molecule has 3 aromatic carbocycles. The number of nitrogens with one attached hydrogen (secondary N) is 2. The summed E-state index contributed by atoms with van der Waals surface area (Å²) in [5, 5.41) is 30.0. The minimum atomic E-state index is -0.995. The number of amides is 1. The summed E-state index contributed by atoms with van der Waals surface area (Å²) >= 11 is 17.6. The topological polar surface area (TPSA) is 120 Å². The first kappa shape index (κ1) is 30.4. The molecule has 0 unspecified atom stereocenters. The lowest BCUT2D eigenvalue weighted by molar-refractivity contribution is 0.0694. The van der Waals surface area contributed by atoms with Crippen LogP contribution in [0.3, 0.4) is 0 Å². The van der Waals surface area contributed by atoms with Gasteiger partial charge in [-0.25, -0.2) is 14.5 Å². The van der Waals surface area contributed by atoms with Gasteiger partial charge in [-0.15, -0.1) is 0 Å². The van der Waals surface area contributed by atoms with Gasteiger partial charge in [0.2, 0.25) is 0 Å². The molecule has 4 N–H and O–H groups in total. The zero-order valence-corrected chi connectivity index (χ0v) is 24.3. The van der Waals surface area contributed by atoms with Gasteiger partial charge in [-0.1, -0.05) is 66.0 Å². The van der Waals surface area contributed by atoms with E-state index in [1.54, 1.807) is 47.1 Å². The van der Waals surface area contributed by atoms with Crippen molar-refractivity contribution in [1.82, 2.24) is 25.5 Å². The van der Waals surface area contributed by atoms with Crippen molar-refractivity contribution in [3.8, 4) is 22.7 Å². The van der Waals surface area contributed by atoms with Crippen molar-refractivity contribution in [1.29, 1.82) is 0 Å². The Kier molecular flexibility index (Phi) is 10.3. The maximum Gasteiger partial charge on any atom is 0.337 e. The van der Waals surface area contributed by atoms with E-state index in [0.29, 0.717) is 34.5 Å².